The molecule has 108 valence electrons. The van der Waals surface area contributed by atoms with E-state index in [0.717, 1.165) is 35.2 Å². The Morgan fingerprint density at radius 3 is 2.80 bits per heavy atom. The molecule has 1 aromatic carbocycles. The monoisotopic (exact) mass is 274 g/mol. The molecule has 1 aromatic heterocycles. The number of fused-ring (bicyclic) bond motifs is 1. The van der Waals surface area contributed by atoms with E-state index in [1.807, 2.05) is 24.3 Å². The van der Waals surface area contributed by atoms with Crippen molar-refractivity contribution in [3.8, 4) is 5.75 Å². The number of benzene rings is 1. The lowest BCUT2D eigenvalue weighted by Crippen LogP contribution is -2.02. The molecule has 2 aromatic rings. The van der Waals surface area contributed by atoms with Gasteiger partial charge in [-0.3, -0.25) is 0 Å². The number of nitrogens with two attached hydrogens (primary N) is 1. The van der Waals surface area contributed by atoms with Crippen LogP contribution in [-0.2, 0) is 11.3 Å². The third-order valence-electron chi connectivity index (χ3n) is 3.29. The molecule has 0 radical (unpaired) electrons. The number of aromatic nitrogens is 1. The number of methoxy groups -OCH3 is 1. The average molecular weight is 274 g/mol. The molecule has 0 spiro atoms. The molecule has 0 aliphatic heterocycles. The van der Waals surface area contributed by atoms with E-state index in [4.69, 9.17) is 15.2 Å². The first-order valence-corrected chi connectivity index (χ1v) is 7.05. The standard InChI is InChI=1S/C16H22N2O2/c1-3-4-5-8-20-11-13-9-12-6-7-14(19-2)10-15(12)18-16(13)17/h6-7,9-10H,3-5,8,11H2,1-2H3,(H2,17,18). The number of nitrogens with zero attached hydrogens (tertiary/aromatic N) is 1. The highest BCUT2D eigenvalue weighted by Crippen LogP contribution is 2.23. The summed E-state index contributed by atoms with van der Waals surface area (Å²) in [6, 6.07) is 7.84. The number of pyridine rings is 1. The zero-order valence-electron chi connectivity index (χ0n) is 12.2. The van der Waals surface area contributed by atoms with Crippen LogP contribution in [0.25, 0.3) is 10.9 Å². The largest absolute Gasteiger partial charge is 0.497 e. The number of nitrogen functional groups attached to an aromatic ring is 1. The van der Waals surface area contributed by atoms with Gasteiger partial charge in [-0.1, -0.05) is 19.8 Å². The van der Waals surface area contributed by atoms with E-state index in [1.165, 1.54) is 12.8 Å². The predicted molar refractivity (Wildman–Crippen MR) is 81.9 cm³/mol. The summed E-state index contributed by atoms with van der Waals surface area (Å²) in [4.78, 5) is 4.42. The number of ether oxygens (including phenoxy) is 2. The average Bonchev–Trinajstić information content (AvgIpc) is 2.47. The van der Waals surface area contributed by atoms with Crippen LogP contribution in [0.1, 0.15) is 31.7 Å². The van der Waals surface area contributed by atoms with Crippen molar-refractivity contribution in [3.63, 3.8) is 0 Å². The molecule has 0 saturated carbocycles. The normalized spacial score (nSPS) is 10.9. The second-order valence-corrected chi connectivity index (χ2v) is 4.85. The van der Waals surface area contributed by atoms with E-state index < -0.39 is 0 Å². The molecule has 0 aliphatic rings. The Hall–Kier alpha value is -1.81. The van der Waals surface area contributed by atoms with Crippen molar-refractivity contribution >= 4 is 16.7 Å². The van der Waals surface area contributed by atoms with Crippen LogP contribution >= 0.6 is 0 Å². The number of anilines is 1. The van der Waals surface area contributed by atoms with E-state index >= 15 is 0 Å². The maximum absolute atomic E-state index is 5.99. The Morgan fingerprint density at radius 1 is 1.20 bits per heavy atom. The topological polar surface area (TPSA) is 57.4 Å². The van der Waals surface area contributed by atoms with Crippen molar-refractivity contribution in [2.45, 2.75) is 32.8 Å². The molecule has 1 heterocycles. The van der Waals surface area contributed by atoms with E-state index in [1.54, 1.807) is 7.11 Å². The number of hydrogen-bond donors (Lipinski definition) is 1. The second-order valence-electron chi connectivity index (χ2n) is 4.85. The van der Waals surface area contributed by atoms with Gasteiger partial charge in [0.25, 0.3) is 0 Å². The molecule has 0 amide bonds. The fourth-order valence-electron chi connectivity index (χ4n) is 2.08. The molecular formula is C16H22N2O2. The van der Waals surface area contributed by atoms with Crippen molar-refractivity contribution in [3.05, 3.63) is 29.8 Å². The van der Waals surface area contributed by atoms with Crippen molar-refractivity contribution in [1.29, 1.82) is 0 Å². The van der Waals surface area contributed by atoms with E-state index in [2.05, 4.69) is 11.9 Å². The third-order valence-corrected chi connectivity index (χ3v) is 3.29. The van der Waals surface area contributed by atoms with Gasteiger partial charge in [0.15, 0.2) is 0 Å². The maximum Gasteiger partial charge on any atom is 0.129 e. The van der Waals surface area contributed by atoms with Crippen molar-refractivity contribution in [1.82, 2.24) is 4.98 Å². The first-order chi connectivity index (χ1) is 9.74. The molecule has 4 heteroatoms. The van der Waals surface area contributed by atoms with Gasteiger partial charge in [-0.2, -0.15) is 0 Å². The predicted octanol–water partition coefficient (Wildman–Crippen LogP) is 3.53. The van der Waals surface area contributed by atoms with E-state index in [-0.39, 0.29) is 0 Å². The Balaban J connectivity index is 2.08. The molecule has 2 rings (SSSR count). The van der Waals surface area contributed by atoms with Crippen LogP contribution in [0.2, 0.25) is 0 Å². The minimum Gasteiger partial charge on any atom is -0.497 e. The van der Waals surface area contributed by atoms with Crippen molar-refractivity contribution < 1.29 is 9.47 Å². The van der Waals surface area contributed by atoms with E-state index in [0.29, 0.717) is 12.4 Å². The van der Waals surface area contributed by atoms with Crippen LogP contribution in [0.5, 0.6) is 5.75 Å². The zero-order valence-corrected chi connectivity index (χ0v) is 12.2. The summed E-state index contributed by atoms with van der Waals surface area (Å²) >= 11 is 0. The van der Waals surface area contributed by atoms with Crippen LogP contribution < -0.4 is 10.5 Å². The van der Waals surface area contributed by atoms with Gasteiger partial charge in [0, 0.05) is 23.6 Å². The lowest BCUT2D eigenvalue weighted by molar-refractivity contribution is 0.117. The van der Waals surface area contributed by atoms with Crippen LogP contribution in [0.3, 0.4) is 0 Å². The van der Waals surface area contributed by atoms with E-state index in [9.17, 15) is 0 Å². The van der Waals surface area contributed by atoms with Crippen LogP contribution in [0, 0.1) is 0 Å². The Kier molecular flexibility index (Phi) is 5.18. The van der Waals surface area contributed by atoms with Gasteiger partial charge in [0.1, 0.15) is 11.6 Å². The summed E-state index contributed by atoms with van der Waals surface area (Å²) < 4.78 is 10.8. The molecule has 0 atom stereocenters. The van der Waals surface area contributed by atoms with Gasteiger partial charge in [0.05, 0.1) is 19.2 Å². The van der Waals surface area contributed by atoms with Gasteiger partial charge in [-0.15, -0.1) is 0 Å². The lowest BCUT2D eigenvalue weighted by atomic mass is 10.1. The summed E-state index contributed by atoms with van der Waals surface area (Å²) in [7, 11) is 1.64. The Morgan fingerprint density at radius 2 is 2.05 bits per heavy atom. The molecule has 20 heavy (non-hydrogen) atoms. The molecule has 0 fully saturated rings. The molecule has 0 unspecified atom stereocenters. The van der Waals surface area contributed by atoms with Crippen molar-refractivity contribution in [2.75, 3.05) is 19.5 Å². The van der Waals surface area contributed by atoms with Gasteiger partial charge in [-0.05, 0) is 24.6 Å². The van der Waals surface area contributed by atoms with Crippen LogP contribution in [0.15, 0.2) is 24.3 Å². The number of unbranched alkanes of at least 4 members (excludes halogenated alkanes) is 2. The molecule has 2 N–H and O–H groups in total. The maximum atomic E-state index is 5.99. The molecule has 0 aliphatic carbocycles. The van der Waals surface area contributed by atoms with Gasteiger partial charge in [0.2, 0.25) is 0 Å². The summed E-state index contributed by atoms with van der Waals surface area (Å²) in [5, 5.41) is 1.05. The Labute approximate surface area is 119 Å². The number of rotatable bonds is 7. The first-order valence-electron chi connectivity index (χ1n) is 7.05. The minimum atomic E-state index is 0.518. The molecular weight excluding hydrogens is 252 g/mol. The first kappa shape index (κ1) is 14.6. The van der Waals surface area contributed by atoms with Gasteiger partial charge in [-0.25, -0.2) is 4.98 Å². The summed E-state index contributed by atoms with van der Waals surface area (Å²) in [5.74, 6) is 1.31. The van der Waals surface area contributed by atoms with Crippen molar-refractivity contribution in [2.24, 2.45) is 0 Å². The second kappa shape index (κ2) is 7.10. The molecule has 0 saturated heterocycles. The fourth-order valence-corrected chi connectivity index (χ4v) is 2.08. The van der Waals surface area contributed by atoms with Crippen LogP contribution in [-0.4, -0.2) is 18.7 Å². The quantitative estimate of drug-likeness (QED) is 0.785. The minimum absolute atomic E-state index is 0.518. The number of hydrogen-bond acceptors (Lipinski definition) is 4. The fraction of sp³-hybridized carbons (Fsp3) is 0.438. The molecule has 4 nitrogen and oxygen atoms in total. The zero-order chi connectivity index (χ0) is 14.4. The Bertz CT molecular complexity index is 570. The highest BCUT2D eigenvalue weighted by atomic mass is 16.5. The SMILES string of the molecule is CCCCCOCc1cc2ccc(OC)cc2nc1N. The smallest absolute Gasteiger partial charge is 0.129 e. The van der Waals surface area contributed by atoms with Crippen LogP contribution in [0.4, 0.5) is 5.82 Å². The summed E-state index contributed by atoms with van der Waals surface area (Å²) in [5.41, 5.74) is 7.77. The van der Waals surface area contributed by atoms with Gasteiger partial charge < -0.3 is 15.2 Å². The lowest BCUT2D eigenvalue weighted by Gasteiger charge is -2.09. The highest BCUT2D eigenvalue weighted by molar-refractivity contribution is 5.82. The summed E-state index contributed by atoms with van der Waals surface area (Å²) in [6.07, 6.45) is 3.49. The summed E-state index contributed by atoms with van der Waals surface area (Å²) in [6.45, 7) is 3.47. The molecule has 0 bridgehead atoms. The van der Waals surface area contributed by atoms with Gasteiger partial charge >= 0.3 is 0 Å². The highest BCUT2D eigenvalue weighted by Gasteiger charge is 2.05. The third kappa shape index (κ3) is 3.61.